The fourth-order valence-electron chi connectivity index (χ4n) is 3.82. The zero-order chi connectivity index (χ0) is 18.9. The molecule has 2 saturated heterocycles. The molecule has 0 aromatic carbocycles. The second-order valence-corrected chi connectivity index (χ2v) is 7.81. The summed E-state index contributed by atoms with van der Waals surface area (Å²) < 4.78 is 12.3. The highest BCUT2D eigenvalue weighted by molar-refractivity contribution is 5.52. The SMILES string of the molecule is Cc1cncc(CO[C@H]2CCOC3(C2)CN(c2cc(N(C)C)ncn2)C3)c1. The van der Waals surface area contributed by atoms with Crippen LogP contribution in [0.25, 0.3) is 0 Å². The molecular formula is C20H27N5O2. The van der Waals surface area contributed by atoms with Crippen LogP contribution in [-0.2, 0) is 16.1 Å². The van der Waals surface area contributed by atoms with Crippen molar-refractivity contribution in [2.45, 2.75) is 38.1 Å². The molecule has 2 aromatic heterocycles. The van der Waals surface area contributed by atoms with Crippen molar-refractivity contribution in [3.8, 4) is 0 Å². The molecule has 0 N–H and O–H groups in total. The van der Waals surface area contributed by atoms with Gasteiger partial charge in [0.2, 0.25) is 0 Å². The summed E-state index contributed by atoms with van der Waals surface area (Å²) in [5, 5.41) is 0. The fourth-order valence-corrected chi connectivity index (χ4v) is 3.82. The summed E-state index contributed by atoms with van der Waals surface area (Å²) in [7, 11) is 3.97. The molecule has 0 radical (unpaired) electrons. The largest absolute Gasteiger partial charge is 0.373 e. The van der Waals surface area contributed by atoms with E-state index < -0.39 is 0 Å². The lowest BCUT2D eigenvalue weighted by Gasteiger charge is -2.53. The van der Waals surface area contributed by atoms with Gasteiger partial charge in [-0.1, -0.05) is 6.07 Å². The zero-order valence-electron chi connectivity index (χ0n) is 16.3. The Bertz CT molecular complexity index is 791. The number of ether oxygens (including phenoxy) is 2. The highest BCUT2D eigenvalue weighted by Crippen LogP contribution is 2.37. The highest BCUT2D eigenvalue weighted by Gasteiger charge is 2.48. The van der Waals surface area contributed by atoms with Crippen molar-refractivity contribution in [1.82, 2.24) is 15.0 Å². The van der Waals surface area contributed by atoms with E-state index in [0.717, 1.165) is 55.3 Å². The van der Waals surface area contributed by atoms with Gasteiger partial charge in [-0.15, -0.1) is 0 Å². The average Bonchev–Trinajstić information content (AvgIpc) is 2.65. The third-order valence-corrected chi connectivity index (χ3v) is 5.24. The molecule has 4 heterocycles. The van der Waals surface area contributed by atoms with Gasteiger partial charge in [0.05, 0.1) is 25.8 Å². The third-order valence-electron chi connectivity index (χ3n) is 5.24. The molecule has 0 saturated carbocycles. The van der Waals surface area contributed by atoms with Crippen molar-refractivity contribution < 1.29 is 9.47 Å². The topological polar surface area (TPSA) is 63.6 Å². The fraction of sp³-hybridized carbons (Fsp3) is 0.550. The van der Waals surface area contributed by atoms with Crippen LogP contribution in [0.2, 0.25) is 0 Å². The predicted molar refractivity (Wildman–Crippen MR) is 104 cm³/mol. The number of hydrogen-bond acceptors (Lipinski definition) is 7. The molecule has 2 aliphatic heterocycles. The number of rotatable bonds is 5. The average molecular weight is 369 g/mol. The molecule has 4 rings (SSSR count). The van der Waals surface area contributed by atoms with E-state index >= 15 is 0 Å². The minimum atomic E-state index is -0.114. The molecule has 144 valence electrons. The highest BCUT2D eigenvalue weighted by atomic mass is 16.5. The second-order valence-electron chi connectivity index (χ2n) is 7.81. The van der Waals surface area contributed by atoms with Crippen molar-refractivity contribution in [3.63, 3.8) is 0 Å². The lowest BCUT2D eigenvalue weighted by Crippen LogP contribution is -2.66. The molecule has 2 aliphatic rings. The van der Waals surface area contributed by atoms with Crippen molar-refractivity contribution in [1.29, 1.82) is 0 Å². The first-order chi connectivity index (χ1) is 13.0. The van der Waals surface area contributed by atoms with Gasteiger partial charge in [0.1, 0.15) is 23.6 Å². The molecule has 0 bridgehead atoms. The van der Waals surface area contributed by atoms with E-state index in [1.165, 1.54) is 0 Å². The van der Waals surface area contributed by atoms with Gasteiger partial charge in [0, 0.05) is 45.6 Å². The predicted octanol–water partition coefficient (Wildman–Crippen LogP) is 2.20. The van der Waals surface area contributed by atoms with Crippen molar-refractivity contribution in [2.75, 3.05) is 43.6 Å². The summed E-state index contributed by atoms with van der Waals surface area (Å²) in [5.41, 5.74) is 2.18. The van der Waals surface area contributed by atoms with Crippen LogP contribution < -0.4 is 9.80 Å². The summed E-state index contributed by atoms with van der Waals surface area (Å²) in [6.45, 7) is 5.11. The Kier molecular flexibility index (Phi) is 4.97. The van der Waals surface area contributed by atoms with Crippen LogP contribution in [0.1, 0.15) is 24.0 Å². The Morgan fingerprint density at radius 2 is 2.11 bits per heavy atom. The Morgan fingerprint density at radius 1 is 1.26 bits per heavy atom. The molecule has 0 amide bonds. The number of pyridine rings is 1. The van der Waals surface area contributed by atoms with Gasteiger partial charge < -0.3 is 19.3 Å². The van der Waals surface area contributed by atoms with Gasteiger partial charge in [-0.3, -0.25) is 4.98 Å². The summed E-state index contributed by atoms with van der Waals surface area (Å²) in [4.78, 5) is 17.2. The van der Waals surface area contributed by atoms with E-state index in [-0.39, 0.29) is 11.7 Å². The zero-order valence-corrected chi connectivity index (χ0v) is 16.3. The first-order valence-electron chi connectivity index (χ1n) is 9.43. The van der Waals surface area contributed by atoms with E-state index in [0.29, 0.717) is 6.61 Å². The maximum atomic E-state index is 6.18. The summed E-state index contributed by atoms with van der Waals surface area (Å²) >= 11 is 0. The Morgan fingerprint density at radius 3 is 2.89 bits per heavy atom. The van der Waals surface area contributed by atoms with Gasteiger partial charge in [0.25, 0.3) is 0 Å². The van der Waals surface area contributed by atoms with Gasteiger partial charge in [0.15, 0.2) is 0 Å². The maximum absolute atomic E-state index is 6.18. The van der Waals surface area contributed by atoms with E-state index in [1.807, 2.05) is 37.5 Å². The summed E-state index contributed by atoms with van der Waals surface area (Å²) in [5.74, 6) is 1.87. The van der Waals surface area contributed by atoms with Crippen LogP contribution in [-0.4, -0.2) is 60.4 Å². The lowest BCUT2D eigenvalue weighted by atomic mass is 9.84. The molecule has 27 heavy (non-hydrogen) atoms. The summed E-state index contributed by atoms with van der Waals surface area (Å²) in [6.07, 6.45) is 7.46. The monoisotopic (exact) mass is 369 g/mol. The first-order valence-corrected chi connectivity index (χ1v) is 9.43. The van der Waals surface area contributed by atoms with Gasteiger partial charge in [-0.05, 0) is 24.5 Å². The minimum absolute atomic E-state index is 0.114. The number of aryl methyl sites for hydroxylation is 1. The van der Waals surface area contributed by atoms with E-state index in [9.17, 15) is 0 Å². The van der Waals surface area contributed by atoms with E-state index in [2.05, 4.69) is 32.8 Å². The van der Waals surface area contributed by atoms with Gasteiger partial charge >= 0.3 is 0 Å². The smallest absolute Gasteiger partial charge is 0.134 e. The molecule has 0 unspecified atom stereocenters. The number of anilines is 2. The Labute approximate surface area is 160 Å². The first kappa shape index (κ1) is 18.1. The molecule has 1 spiro atoms. The number of nitrogens with zero attached hydrogens (tertiary/aromatic N) is 5. The quantitative estimate of drug-likeness (QED) is 0.800. The maximum Gasteiger partial charge on any atom is 0.134 e. The Hall–Kier alpha value is -2.25. The standard InChI is InChI=1S/C20H27N5O2/c1-15-6-16(10-21-9-15)11-26-17-4-5-27-20(8-17)12-25(13-20)19-7-18(24(2)3)22-14-23-19/h6-7,9-10,14,17H,4-5,8,11-13H2,1-3H3/t17-/m0/s1. The van der Waals surface area contributed by atoms with Crippen molar-refractivity contribution >= 4 is 11.6 Å². The van der Waals surface area contributed by atoms with Crippen molar-refractivity contribution in [3.05, 3.63) is 42.0 Å². The van der Waals surface area contributed by atoms with E-state index in [1.54, 1.807) is 6.33 Å². The van der Waals surface area contributed by atoms with Crippen LogP contribution in [0, 0.1) is 6.92 Å². The molecule has 2 fully saturated rings. The van der Waals surface area contributed by atoms with E-state index in [4.69, 9.17) is 9.47 Å². The molecule has 2 aromatic rings. The second kappa shape index (κ2) is 7.40. The van der Waals surface area contributed by atoms with Crippen LogP contribution in [0.3, 0.4) is 0 Å². The number of hydrogen-bond donors (Lipinski definition) is 0. The molecule has 1 atom stereocenters. The van der Waals surface area contributed by atoms with Gasteiger partial charge in [-0.25, -0.2) is 9.97 Å². The molecule has 7 heteroatoms. The molecule has 0 aliphatic carbocycles. The molecule has 7 nitrogen and oxygen atoms in total. The van der Waals surface area contributed by atoms with Crippen LogP contribution in [0.4, 0.5) is 11.6 Å². The van der Waals surface area contributed by atoms with Crippen molar-refractivity contribution in [2.24, 2.45) is 0 Å². The van der Waals surface area contributed by atoms with Gasteiger partial charge in [-0.2, -0.15) is 0 Å². The lowest BCUT2D eigenvalue weighted by molar-refractivity contribution is -0.148. The molecular weight excluding hydrogens is 342 g/mol. The third kappa shape index (κ3) is 4.04. The number of aromatic nitrogens is 3. The van der Waals surface area contributed by atoms with Crippen LogP contribution in [0.5, 0.6) is 0 Å². The minimum Gasteiger partial charge on any atom is -0.373 e. The van der Waals surface area contributed by atoms with Crippen LogP contribution in [0.15, 0.2) is 30.9 Å². The normalized spacial score (nSPS) is 21.1. The summed E-state index contributed by atoms with van der Waals surface area (Å²) in [6, 6.07) is 4.15. The van der Waals surface area contributed by atoms with Crippen LogP contribution >= 0.6 is 0 Å². The Balaban J connectivity index is 1.33.